The smallest absolute Gasteiger partial charge is 0.358 e. The monoisotopic (exact) mass is 336 g/mol. The highest BCUT2D eigenvalue weighted by Gasteiger charge is 2.32. The molecule has 1 N–H and O–H groups in total. The van der Waals surface area contributed by atoms with Crippen molar-refractivity contribution in [3.05, 3.63) is 48.4 Å². The van der Waals surface area contributed by atoms with Crippen molar-refractivity contribution in [1.82, 2.24) is 9.97 Å². The van der Waals surface area contributed by atoms with Crippen LogP contribution in [0, 0.1) is 0 Å². The summed E-state index contributed by atoms with van der Waals surface area (Å²) in [6, 6.07) is 5.20. The number of pyridine rings is 2. The van der Waals surface area contributed by atoms with Gasteiger partial charge in [0, 0.05) is 18.9 Å². The second kappa shape index (κ2) is 6.46. The molecule has 3 rings (SSSR count). The van der Waals surface area contributed by atoms with Crippen LogP contribution in [0.15, 0.2) is 42.9 Å². The van der Waals surface area contributed by atoms with Gasteiger partial charge in [-0.15, -0.1) is 0 Å². The zero-order valence-corrected chi connectivity index (χ0v) is 12.6. The van der Waals surface area contributed by atoms with Crippen LogP contribution in [-0.4, -0.2) is 28.5 Å². The molecule has 1 fully saturated rings. The van der Waals surface area contributed by atoms with Crippen LogP contribution in [0.5, 0.6) is 0 Å². The normalized spacial score (nSPS) is 18.5. The molecule has 8 heteroatoms. The number of carbonyl (C=O) groups excluding carboxylic acids is 1. The number of rotatable bonds is 3. The third-order valence-corrected chi connectivity index (χ3v) is 3.81. The fourth-order valence-electron chi connectivity index (χ4n) is 2.60. The number of piperidine rings is 1. The fraction of sp³-hybridized carbons (Fsp3) is 0.312. The highest BCUT2D eigenvalue weighted by Crippen LogP contribution is 2.29. The average molecular weight is 336 g/mol. The molecular weight excluding hydrogens is 321 g/mol. The van der Waals surface area contributed by atoms with Gasteiger partial charge in [-0.3, -0.25) is 9.78 Å². The molecular formula is C16H15F3N4O. The first-order chi connectivity index (χ1) is 11.4. The van der Waals surface area contributed by atoms with Gasteiger partial charge in [0.25, 0.3) is 0 Å². The van der Waals surface area contributed by atoms with E-state index in [-0.39, 0.29) is 11.7 Å². The number of carbonyl (C=O) groups is 1. The zero-order valence-electron chi connectivity index (χ0n) is 12.6. The van der Waals surface area contributed by atoms with Gasteiger partial charge in [-0.1, -0.05) is 0 Å². The molecule has 0 saturated carbocycles. The van der Waals surface area contributed by atoms with Crippen molar-refractivity contribution in [3.8, 4) is 0 Å². The molecule has 0 aromatic carbocycles. The lowest BCUT2D eigenvalue weighted by Gasteiger charge is -2.32. The molecule has 1 aliphatic heterocycles. The maximum atomic E-state index is 12.6. The number of nitrogens with one attached hydrogen (secondary N) is 1. The van der Waals surface area contributed by atoms with E-state index in [0.717, 1.165) is 18.7 Å². The van der Waals surface area contributed by atoms with Crippen molar-refractivity contribution in [1.29, 1.82) is 0 Å². The molecule has 0 radical (unpaired) electrons. The Balaban J connectivity index is 1.72. The molecule has 1 saturated heterocycles. The second-order valence-electron chi connectivity index (χ2n) is 5.47. The highest BCUT2D eigenvalue weighted by molar-refractivity contribution is 5.99. The molecule has 24 heavy (non-hydrogen) atoms. The average Bonchev–Trinajstić information content (AvgIpc) is 2.57. The first-order valence-electron chi connectivity index (χ1n) is 7.46. The minimum Gasteiger partial charge on any atom is -0.358 e. The van der Waals surface area contributed by atoms with Gasteiger partial charge in [0.2, 0.25) is 5.91 Å². The van der Waals surface area contributed by atoms with E-state index in [1.165, 1.54) is 6.07 Å². The lowest BCUT2D eigenvalue weighted by Crippen LogP contribution is -2.47. The molecule has 2 aromatic rings. The molecule has 3 heterocycles. The molecule has 2 aromatic heterocycles. The maximum Gasteiger partial charge on any atom is 0.417 e. The number of alkyl halides is 3. The summed E-state index contributed by atoms with van der Waals surface area (Å²) in [6.07, 6.45) is 0.936. The number of aromatic nitrogens is 2. The lowest BCUT2D eigenvalue weighted by molar-refractivity contribution is -0.137. The van der Waals surface area contributed by atoms with Gasteiger partial charge in [0.15, 0.2) is 0 Å². The third-order valence-electron chi connectivity index (χ3n) is 3.81. The SMILES string of the molecule is O=C1[C@H](Nc2ccc(C(F)(F)F)cn2)CCCN1c1cccnc1. The van der Waals surface area contributed by atoms with Crippen LogP contribution in [0.1, 0.15) is 18.4 Å². The molecule has 5 nitrogen and oxygen atoms in total. The number of hydrogen-bond acceptors (Lipinski definition) is 4. The number of hydrogen-bond donors (Lipinski definition) is 1. The third kappa shape index (κ3) is 3.47. The zero-order chi connectivity index (χ0) is 17.2. The van der Waals surface area contributed by atoms with Crippen molar-refractivity contribution >= 4 is 17.4 Å². The Morgan fingerprint density at radius 1 is 1.21 bits per heavy atom. The first kappa shape index (κ1) is 16.2. The lowest BCUT2D eigenvalue weighted by atomic mass is 10.0. The van der Waals surface area contributed by atoms with E-state index >= 15 is 0 Å². The summed E-state index contributed by atoms with van der Waals surface area (Å²) >= 11 is 0. The second-order valence-corrected chi connectivity index (χ2v) is 5.47. The number of halogens is 3. The van der Waals surface area contributed by atoms with Crippen LogP contribution >= 0.6 is 0 Å². The van der Waals surface area contributed by atoms with Gasteiger partial charge in [0.1, 0.15) is 11.9 Å². The Morgan fingerprint density at radius 2 is 2.04 bits per heavy atom. The molecule has 1 atom stereocenters. The van der Waals surface area contributed by atoms with Gasteiger partial charge >= 0.3 is 6.18 Å². The van der Waals surface area contributed by atoms with Gasteiger partial charge < -0.3 is 10.2 Å². The van der Waals surface area contributed by atoms with E-state index in [2.05, 4.69) is 15.3 Å². The summed E-state index contributed by atoms with van der Waals surface area (Å²) in [4.78, 5) is 22.0. The Morgan fingerprint density at radius 3 is 2.67 bits per heavy atom. The largest absolute Gasteiger partial charge is 0.417 e. The summed E-state index contributed by atoms with van der Waals surface area (Å²) in [5.74, 6) is 0.102. The minimum atomic E-state index is -4.43. The molecule has 0 bridgehead atoms. The Bertz CT molecular complexity index is 704. The summed E-state index contributed by atoms with van der Waals surface area (Å²) < 4.78 is 37.7. The Hall–Kier alpha value is -2.64. The van der Waals surface area contributed by atoms with E-state index in [0.29, 0.717) is 18.7 Å². The van der Waals surface area contributed by atoms with Crippen molar-refractivity contribution in [2.75, 3.05) is 16.8 Å². The quantitative estimate of drug-likeness (QED) is 0.936. The van der Waals surface area contributed by atoms with Gasteiger partial charge in [-0.25, -0.2) is 4.98 Å². The first-order valence-corrected chi connectivity index (χ1v) is 7.46. The molecule has 1 aliphatic rings. The van der Waals surface area contributed by atoms with Crippen LogP contribution in [0.25, 0.3) is 0 Å². The van der Waals surface area contributed by atoms with Crippen molar-refractivity contribution in [2.45, 2.75) is 25.1 Å². The van der Waals surface area contributed by atoms with E-state index in [9.17, 15) is 18.0 Å². The molecule has 126 valence electrons. The standard InChI is InChI=1S/C16H15F3N4O/c17-16(18,19)11-5-6-14(21-9-11)22-13-4-2-8-23(15(13)24)12-3-1-7-20-10-12/h1,3,5-7,9-10,13H,2,4,8H2,(H,21,22)/t13-/m1/s1. The number of amides is 1. The maximum absolute atomic E-state index is 12.6. The minimum absolute atomic E-state index is 0.143. The molecule has 0 unspecified atom stereocenters. The van der Waals surface area contributed by atoms with E-state index in [4.69, 9.17) is 0 Å². The summed E-state index contributed by atoms with van der Waals surface area (Å²) in [6.45, 7) is 0.586. The highest BCUT2D eigenvalue weighted by atomic mass is 19.4. The molecule has 0 spiro atoms. The predicted molar refractivity (Wildman–Crippen MR) is 82.5 cm³/mol. The summed E-state index contributed by atoms with van der Waals surface area (Å²) in [7, 11) is 0. The summed E-state index contributed by atoms with van der Waals surface area (Å²) in [5, 5.41) is 2.92. The topological polar surface area (TPSA) is 58.1 Å². The van der Waals surface area contributed by atoms with Gasteiger partial charge in [-0.2, -0.15) is 13.2 Å². The predicted octanol–water partition coefficient (Wildman–Crippen LogP) is 3.10. The van der Waals surface area contributed by atoms with Crippen LogP contribution in [0.2, 0.25) is 0 Å². The Labute approximate surface area is 136 Å². The van der Waals surface area contributed by atoms with Gasteiger partial charge in [-0.05, 0) is 37.1 Å². The van der Waals surface area contributed by atoms with Crippen LogP contribution in [0.3, 0.4) is 0 Å². The van der Waals surface area contributed by atoms with Crippen LogP contribution in [0.4, 0.5) is 24.7 Å². The van der Waals surface area contributed by atoms with E-state index in [1.54, 1.807) is 29.4 Å². The fourth-order valence-corrected chi connectivity index (χ4v) is 2.60. The van der Waals surface area contributed by atoms with Crippen molar-refractivity contribution in [3.63, 3.8) is 0 Å². The van der Waals surface area contributed by atoms with Crippen molar-refractivity contribution < 1.29 is 18.0 Å². The Kier molecular flexibility index (Phi) is 4.37. The summed E-state index contributed by atoms with van der Waals surface area (Å²) in [5.41, 5.74) is -0.116. The van der Waals surface area contributed by atoms with E-state index in [1.807, 2.05) is 0 Å². The number of nitrogens with zero attached hydrogens (tertiary/aromatic N) is 3. The van der Waals surface area contributed by atoms with Crippen LogP contribution < -0.4 is 10.2 Å². The van der Waals surface area contributed by atoms with E-state index < -0.39 is 17.8 Å². The molecule has 1 amide bonds. The van der Waals surface area contributed by atoms with Crippen molar-refractivity contribution in [2.24, 2.45) is 0 Å². The number of anilines is 2. The molecule has 0 aliphatic carbocycles. The van der Waals surface area contributed by atoms with Crippen LogP contribution in [-0.2, 0) is 11.0 Å². The van der Waals surface area contributed by atoms with Gasteiger partial charge in [0.05, 0.1) is 17.4 Å².